The highest BCUT2D eigenvalue weighted by Crippen LogP contribution is 1.89. The van der Waals surface area contributed by atoms with Crippen molar-refractivity contribution in [1.29, 1.82) is 0 Å². The fourth-order valence-corrected chi connectivity index (χ4v) is 2.57. The Balaban J connectivity index is 3.02. The molecule has 0 aromatic carbocycles. The van der Waals surface area contributed by atoms with Crippen molar-refractivity contribution >= 4 is 5.97 Å². The molecule has 0 amide bonds. The number of carbonyl (C=O) groups excluding carboxylic acids is 1. The third-order valence-corrected chi connectivity index (χ3v) is 4.52. The van der Waals surface area contributed by atoms with Gasteiger partial charge in [0, 0.05) is 13.5 Å². The third-order valence-electron chi connectivity index (χ3n) is 4.52. The number of ether oxygens (including phenoxy) is 11. The zero-order valence-corrected chi connectivity index (χ0v) is 23.7. The summed E-state index contributed by atoms with van der Waals surface area (Å²) in [6.07, 6.45) is 2.24. The van der Waals surface area contributed by atoms with E-state index in [2.05, 4.69) is 6.92 Å². The van der Waals surface area contributed by atoms with E-state index in [0.29, 0.717) is 126 Å². The Bertz CT molecular complexity index is 456. The highest BCUT2D eigenvalue weighted by atomic mass is 16.6. The molecule has 0 atom stereocenters. The minimum absolute atomic E-state index is 0.262. The maximum Gasteiger partial charge on any atom is 0.302 e. The van der Waals surface area contributed by atoms with Crippen molar-refractivity contribution in [2.75, 3.05) is 139 Å². The van der Waals surface area contributed by atoms with Crippen molar-refractivity contribution in [3.63, 3.8) is 0 Å². The smallest absolute Gasteiger partial charge is 0.302 e. The summed E-state index contributed by atoms with van der Waals surface area (Å²) in [5.41, 5.74) is 0. The van der Waals surface area contributed by atoms with Gasteiger partial charge >= 0.3 is 5.97 Å². The Labute approximate surface area is 228 Å². The number of esters is 1. The van der Waals surface area contributed by atoms with E-state index in [1.807, 2.05) is 0 Å². The summed E-state index contributed by atoms with van der Waals surface area (Å²) >= 11 is 0. The zero-order chi connectivity index (χ0) is 27.6. The van der Waals surface area contributed by atoms with Gasteiger partial charge in [0.1, 0.15) is 6.61 Å². The van der Waals surface area contributed by atoms with Gasteiger partial charge in [0.05, 0.1) is 126 Å². The first-order chi connectivity index (χ1) is 18.8. The Hall–Kier alpha value is -0.930. The van der Waals surface area contributed by atoms with Gasteiger partial charge in [0.25, 0.3) is 0 Å². The lowest BCUT2D eigenvalue weighted by Crippen LogP contribution is -2.15. The predicted octanol–water partition coefficient (Wildman–Crippen LogP) is 1.52. The average Bonchev–Trinajstić information content (AvgIpc) is 2.91. The van der Waals surface area contributed by atoms with Gasteiger partial charge in [-0.15, -0.1) is 0 Å². The molecule has 0 aliphatic heterocycles. The van der Waals surface area contributed by atoms with Crippen molar-refractivity contribution in [1.82, 2.24) is 0 Å². The molecule has 0 aromatic heterocycles. The molecule has 0 unspecified atom stereocenters. The molecule has 228 valence electrons. The van der Waals surface area contributed by atoms with Gasteiger partial charge in [-0.1, -0.05) is 13.3 Å². The van der Waals surface area contributed by atoms with Gasteiger partial charge in [-0.3, -0.25) is 4.79 Å². The minimum Gasteiger partial charge on any atom is -0.463 e. The molecule has 38 heavy (non-hydrogen) atoms. The SMILES string of the molecule is CCCCOCCOCCOCCOCCOCCOCCOCCOCCOCCOCCOC(C)=O. The molecular formula is C26H52O12. The molecule has 0 heterocycles. The highest BCUT2D eigenvalue weighted by molar-refractivity contribution is 5.65. The van der Waals surface area contributed by atoms with E-state index in [4.69, 9.17) is 52.1 Å². The summed E-state index contributed by atoms with van der Waals surface area (Å²) < 4.78 is 58.8. The van der Waals surface area contributed by atoms with Crippen molar-refractivity contribution in [2.45, 2.75) is 26.7 Å². The van der Waals surface area contributed by atoms with Crippen LogP contribution in [-0.4, -0.2) is 145 Å². The van der Waals surface area contributed by atoms with Crippen LogP contribution in [0.25, 0.3) is 0 Å². The zero-order valence-electron chi connectivity index (χ0n) is 23.7. The van der Waals surface area contributed by atoms with Crippen molar-refractivity contribution in [3.8, 4) is 0 Å². The quantitative estimate of drug-likeness (QED) is 0.0861. The maximum absolute atomic E-state index is 10.6. The lowest BCUT2D eigenvalue weighted by molar-refractivity contribution is -0.142. The second-order valence-corrected chi connectivity index (χ2v) is 7.82. The fourth-order valence-electron chi connectivity index (χ4n) is 2.57. The molecule has 0 saturated heterocycles. The van der Waals surface area contributed by atoms with Crippen molar-refractivity contribution in [2.24, 2.45) is 0 Å². The Morgan fingerprint density at radius 3 is 0.789 bits per heavy atom. The second-order valence-electron chi connectivity index (χ2n) is 7.82. The molecule has 0 bridgehead atoms. The molecule has 0 rings (SSSR count). The summed E-state index contributed by atoms with van der Waals surface area (Å²) in [6.45, 7) is 14.3. The van der Waals surface area contributed by atoms with Crippen LogP contribution in [0.4, 0.5) is 0 Å². The van der Waals surface area contributed by atoms with Crippen LogP contribution in [0, 0.1) is 0 Å². The number of unbranched alkanes of at least 4 members (excludes halogenated alkanes) is 1. The third kappa shape index (κ3) is 35.1. The van der Waals surface area contributed by atoms with Crippen LogP contribution >= 0.6 is 0 Å². The van der Waals surface area contributed by atoms with Crippen LogP contribution in [0.15, 0.2) is 0 Å². The molecular weight excluding hydrogens is 504 g/mol. The van der Waals surface area contributed by atoms with Gasteiger partial charge in [0.15, 0.2) is 0 Å². The first-order valence-electron chi connectivity index (χ1n) is 13.7. The Morgan fingerprint density at radius 2 is 0.579 bits per heavy atom. The molecule has 12 heteroatoms. The molecule has 0 aliphatic rings. The van der Waals surface area contributed by atoms with Crippen LogP contribution in [0.2, 0.25) is 0 Å². The van der Waals surface area contributed by atoms with E-state index < -0.39 is 0 Å². The molecule has 0 aromatic rings. The van der Waals surface area contributed by atoms with Gasteiger partial charge < -0.3 is 52.1 Å². The molecule has 0 fully saturated rings. The Morgan fingerprint density at radius 1 is 0.368 bits per heavy atom. The maximum atomic E-state index is 10.6. The minimum atomic E-state index is -0.308. The normalized spacial score (nSPS) is 11.3. The molecule has 0 radical (unpaired) electrons. The second kappa shape index (κ2) is 34.1. The van der Waals surface area contributed by atoms with E-state index in [0.717, 1.165) is 19.4 Å². The van der Waals surface area contributed by atoms with E-state index in [-0.39, 0.29) is 12.6 Å². The van der Waals surface area contributed by atoms with Crippen LogP contribution in [0.1, 0.15) is 26.7 Å². The van der Waals surface area contributed by atoms with Crippen molar-refractivity contribution < 1.29 is 56.9 Å². The standard InChI is InChI=1S/C26H52O12/c1-3-4-5-28-6-7-29-8-9-30-10-11-31-12-13-32-14-15-33-16-17-34-18-19-35-20-21-36-22-23-37-24-25-38-26(2)27/h3-25H2,1-2H3. The van der Waals surface area contributed by atoms with Crippen LogP contribution < -0.4 is 0 Å². The molecule has 12 nitrogen and oxygen atoms in total. The monoisotopic (exact) mass is 556 g/mol. The van der Waals surface area contributed by atoms with Gasteiger partial charge in [-0.25, -0.2) is 0 Å². The first kappa shape index (κ1) is 37.1. The van der Waals surface area contributed by atoms with Gasteiger partial charge in [-0.05, 0) is 6.42 Å². The first-order valence-corrected chi connectivity index (χ1v) is 13.7. The number of rotatable bonds is 33. The summed E-state index contributed by atoms with van der Waals surface area (Å²) in [4.78, 5) is 10.6. The van der Waals surface area contributed by atoms with E-state index in [1.165, 1.54) is 6.92 Å². The predicted molar refractivity (Wildman–Crippen MR) is 140 cm³/mol. The molecule has 0 aliphatic carbocycles. The van der Waals surface area contributed by atoms with E-state index in [1.54, 1.807) is 0 Å². The molecule has 0 N–H and O–H groups in total. The van der Waals surface area contributed by atoms with Crippen molar-refractivity contribution in [3.05, 3.63) is 0 Å². The largest absolute Gasteiger partial charge is 0.463 e. The summed E-state index contributed by atoms with van der Waals surface area (Å²) in [5, 5.41) is 0. The highest BCUT2D eigenvalue weighted by Gasteiger charge is 1.96. The van der Waals surface area contributed by atoms with Gasteiger partial charge in [0.2, 0.25) is 0 Å². The number of carbonyl (C=O) groups is 1. The fraction of sp³-hybridized carbons (Fsp3) is 0.962. The number of hydrogen-bond donors (Lipinski definition) is 0. The van der Waals surface area contributed by atoms with E-state index in [9.17, 15) is 4.79 Å². The summed E-state index contributed by atoms with van der Waals surface area (Å²) in [7, 11) is 0. The van der Waals surface area contributed by atoms with Gasteiger partial charge in [-0.2, -0.15) is 0 Å². The lowest BCUT2D eigenvalue weighted by atomic mass is 10.4. The van der Waals surface area contributed by atoms with Crippen LogP contribution in [0.3, 0.4) is 0 Å². The molecule has 0 saturated carbocycles. The number of hydrogen-bond acceptors (Lipinski definition) is 12. The topological polar surface area (TPSA) is 119 Å². The van der Waals surface area contributed by atoms with E-state index >= 15 is 0 Å². The van der Waals surface area contributed by atoms with Crippen LogP contribution in [0.5, 0.6) is 0 Å². The molecule has 0 spiro atoms. The lowest BCUT2D eigenvalue weighted by Gasteiger charge is -2.09. The summed E-state index contributed by atoms with van der Waals surface area (Å²) in [5.74, 6) is -0.308. The van der Waals surface area contributed by atoms with Crippen LogP contribution in [-0.2, 0) is 56.9 Å². The average molecular weight is 557 g/mol. The summed E-state index contributed by atoms with van der Waals surface area (Å²) in [6, 6.07) is 0. The Kier molecular flexibility index (Phi) is 33.3.